The van der Waals surface area contributed by atoms with Gasteiger partial charge in [-0.3, -0.25) is 9.59 Å². The van der Waals surface area contributed by atoms with E-state index in [1.165, 1.54) is 37.5 Å². The largest absolute Gasteiger partial charge is 0.425 e. The molecule has 0 saturated carbocycles. The number of hydrogen-bond donors (Lipinski definition) is 0. The van der Waals surface area contributed by atoms with Crippen molar-refractivity contribution in [3.05, 3.63) is 77.3 Å². The predicted molar refractivity (Wildman–Crippen MR) is 171 cm³/mol. The molecule has 0 radical (unpaired) electrons. The zero-order valence-electron chi connectivity index (χ0n) is 25.1. The summed E-state index contributed by atoms with van der Waals surface area (Å²) in [6.07, 6.45) is 8.58. The molecule has 0 aliphatic heterocycles. The predicted octanol–water partition coefficient (Wildman–Crippen LogP) is 9.83. The maximum Gasteiger partial charge on any atom is 0.343 e. The summed E-state index contributed by atoms with van der Waals surface area (Å²) in [5, 5.41) is -0.534. The van der Waals surface area contributed by atoms with Crippen molar-refractivity contribution in [2.24, 2.45) is 5.92 Å². The van der Waals surface area contributed by atoms with Gasteiger partial charge in [-0.15, -0.1) is 11.6 Å². The molecule has 3 aromatic carbocycles. The van der Waals surface area contributed by atoms with Crippen LogP contribution in [0, 0.1) is 5.92 Å². The summed E-state index contributed by atoms with van der Waals surface area (Å²) in [6.45, 7) is 6.16. The van der Waals surface area contributed by atoms with E-state index in [9.17, 15) is 14.4 Å². The summed E-state index contributed by atoms with van der Waals surface area (Å²) < 4.78 is 16.3. The summed E-state index contributed by atoms with van der Waals surface area (Å²) in [7, 11) is 0. The second-order valence-corrected chi connectivity index (χ2v) is 11.5. The molecular weight excluding hydrogens is 587 g/mol. The fourth-order valence-electron chi connectivity index (χ4n) is 4.54. The minimum atomic E-state index is -0.693. The van der Waals surface area contributed by atoms with E-state index < -0.39 is 17.3 Å². The normalized spacial score (nSPS) is 12.3. The minimum absolute atomic E-state index is 0.0339. The Bertz CT molecular complexity index is 1340. The molecule has 2 atom stereocenters. The molecule has 0 saturated heterocycles. The number of hydrogen-bond acceptors (Lipinski definition) is 6. The molecule has 0 fully saturated rings. The SMILES string of the molecule is CCCCCCCCC(=O)Oc1ccc(C(=O)Oc2ccc(-c3ccc(OC(=O)[C@@H](Cl)[C@@H](C)CCC)cc3)cc2)cc1Cl. The zero-order valence-corrected chi connectivity index (χ0v) is 26.6. The summed E-state index contributed by atoms with van der Waals surface area (Å²) in [4.78, 5) is 37.2. The van der Waals surface area contributed by atoms with Gasteiger partial charge in [-0.05, 0) is 72.4 Å². The van der Waals surface area contributed by atoms with Crippen LogP contribution in [0.5, 0.6) is 17.2 Å². The highest BCUT2D eigenvalue weighted by molar-refractivity contribution is 6.32. The van der Waals surface area contributed by atoms with Gasteiger partial charge in [0.15, 0.2) is 0 Å². The molecule has 0 heterocycles. The zero-order chi connectivity index (χ0) is 31.2. The van der Waals surface area contributed by atoms with Crippen LogP contribution in [0.25, 0.3) is 11.1 Å². The van der Waals surface area contributed by atoms with E-state index in [2.05, 4.69) is 13.8 Å². The van der Waals surface area contributed by atoms with Gasteiger partial charge >= 0.3 is 17.9 Å². The monoisotopic (exact) mass is 626 g/mol. The van der Waals surface area contributed by atoms with Crippen LogP contribution < -0.4 is 14.2 Å². The van der Waals surface area contributed by atoms with Gasteiger partial charge in [-0.2, -0.15) is 0 Å². The topological polar surface area (TPSA) is 78.9 Å². The van der Waals surface area contributed by atoms with Crippen LogP contribution in [0.3, 0.4) is 0 Å². The number of halogens is 2. The van der Waals surface area contributed by atoms with Crippen molar-refractivity contribution in [3.8, 4) is 28.4 Å². The molecule has 6 nitrogen and oxygen atoms in total. The first-order chi connectivity index (χ1) is 20.7. The van der Waals surface area contributed by atoms with Crippen LogP contribution >= 0.6 is 23.2 Å². The molecule has 0 bridgehead atoms. The van der Waals surface area contributed by atoms with Crippen molar-refractivity contribution in [1.29, 1.82) is 0 Å². The number of ether oxygens (including phenoxy) is 3. The number of alkyl halides is 1. The molecule has 0 spiro atoms. The van der Waals surface area contributed by atoms with Crippen LogP contribution in [-0.4, -0.2) is 23.3 Å². The molecule has 43 heavy (non-hydrogen) atoms. The van der Waals surface area contributed by atoms with Crippen molar-refractivity contribution >= 4 is 41.1 Å². The van der Waals surface area contributed by atoms with Crippen LogP contribution in [-0.2, 0) is 9.59 Å². The average Bonchev–Trinajstić information content (AvgIpc) is 3.00. The van der Waals surface area contributed by atoms with Gasteiger partial charge in [-0.1, -0.05) is 95.2 Å². The lowest BCUT2D eigenvalue weighted by atomic mass is 10.0. The van der Waals surface area contributed by atoms with Gasteiger partial charge in [0.25, 0.3) is 0 Å². The van der Waals surface area contributed by atoms with E-state index in [0.717, 1.165) is 43.2 Å². The summed E-state index contributed by atoms with van der Waals surface area (Å²) in [6, 6.07) is 18.6. The lowest BCUT2D eigenvalue weighted by molar-refractivity contribution is -0.135. The Morgan fingerprint density at radius 1 is 0.721 bits per heavy atom. The Labute approximate surface area is 264 Å². The third-order valence-corrected chi connectivity index (χ3v) is 7.97. The highest BCUT2D eigenvalue weighted by Gasteiger charge is 2.24. The first-order valence-corrected chi connectivity index (χ1v) is 15.8. The third kappa shape index (κ3) is 11.0. The highest BCUT2D eigenvalue weighted by atomic mass is 35.5. The van der Waals surface area contributed by atoms with Crippen LogP contribution in [0.15, 0.2) is 66.7 Å². The van der Waals surface area contributed by atoms with Gasteiger partial charge in [-0.25, -0.2) is 4.79 Å². The molecule has 0 aromatic heterocycles. The van der Waals surface area contributed by atoms with Crippen molar-refractivity contribution in [2.45, 2.75) is 83.9 Å². The second-order valence-electron chi connectivity index (χ2n) is 10.7. The average molecular weight is 628 g/mol. The fourth-order valence-corrected chi connectivity index (χ4v) is 4.93. The molecule has 3 aromatic rings. The Morgan fingerprint density at radius 2 is 1.30 bits per heavy atom. The lowest BCUT2D eigenvalue weighted by Gasteiger charge is -2.16. The number of carbonyl (C=O) groups excluding carboxylic acids is 3. The van der Waals surface area contributed by atoms with E-state index in [0.29, 0.717) is 17.9 Å². The fraction of sp³-hybridized carbons (Fsp3) is 0.400. The van der Waals surface area contributed by atoms with Gasteiger partial charge in [0.1, 0.15) is 22.6 Å². The lowest BCUT2D eigenvalue weighted by Crippen LogP contribution is -2.27. The highest BCUT2D eigenvalue weighted by Crippen LogP contribution is 2.29. The van der Waals surface area contributed by atoms with Gasteiger partial charge in [0.05, 0.1) is 10.6 Å². The number of carbonyl (C=O) groups is 3. The number of esters is 3. The Morgan fingerprint density at radius 3 is 1.88 bits per heavy atom. The summed E-state index contributed by atoms with van der Waals surface area (Å²) in [5.74, 6) is -0.354. The van der Waals surface area contributed by atoms with Crippen LogP contribution in [0.1, 0.15) is 88.9 Å². The maximum atomic E-state index is 12.7. The van der Waals surface area contributed by atoms with Gasteiger partial charge in [0, 0.05) is 6.42 Å². The van der Waals surface area contributed by atoms with E-state index in [1.807, 2.05) is 31.2 Å². The van der Waals surface area contributed by atoms with E-state index >= 15 is 0 Å². The summed E-state index contributed by atoms with van der Waals surface area (Å²) in [5.41, 5.74) is 2.02. The number of rotatable bonds is 16. The Balaban J connectivity index is 1.51. The van der Waals surface area contributed by atoms with Crippen molar-refractivity contribution in [1.82, 2.24) is 0 Å². The molecule has 230 valence electrons. The van der Waals surface area contributed by atoms with Gasteiger partial charge < -0.3 is 14.2 Å². The molecular formula is C35H40Cl2O6. The molecule has 3 rings (SSSR count). The quantitative estimate of drug-likeness (QED) is 0.0681. The molecule has 8 heteroatoms. The smallest absolute Gasteiger partial charge is 0.343 e. The molecule has 0 aliphatic rings. The van der Waals surface area contributed by atoms with E-state index in [4.69, 9.17) is 37.4 Å². The summed E-state index contributed by atoms with van der Waals surface area (Å²) >= 11 is 12.5. The minimum Gasteiger partial charge on any atom is -0.425 e. The molecule has 0 unspecified atom stereocenters. The maximum absolute atomic E-state index is 12.7. The Hall–Kier alpha value is -3.35. The molecule has 0 N–H and O–H groups in total. The first kappa shape index (κ1) is 34.1. The van der Waals surface area contributed by atoms with Crippen molar-refractivity contribution in [3.63, 3.8) is 0 Å². The number of unbranched alkanes of at least 4 members (excludes halogenated alkanes) is 5. The second kappa shape index (κ2) is 17.7. The van der Waals surface area contributed by atoms with Gasteiger partial charge in [0.2, 0.25) is 0 Å². The van der Waals surface area contributed by atoms with Crippen LogP contribution in [0.2, 0.25) is 5.02 Å². The Kier molecular flexibility index (Phi) is 14.0. The first-order valence-electron chi connectivity index (χ1n) is 15.0. The number of benzene rings is 3. The molecule has 0 aliphatic carbocycles. The van der Waals surface area contributed by atoms with E-state index in [1.54, 1.807) is 24.3 Å². The standard InChI is InChI=1S/C35H40Cl2O6/c1-4-6-7-8-9-10-12-32(38)43-31-22-17-27(23-30(31)36)34(39)41-28-18-13-25(14-19-28)26-15-20-29(21-16-26)42-35(40)33(37)24(3)11-5-2/h13-24,33H,4-12H2,1-3H3/t24-,33-/m0/s1. The third-order valence-electron chi connectivity index (χ3n) is 7.07. The van der Waals surface area contributed by atoms with Crippen molar-refractivity contribution < 1.29 is 28.6 Å². The van der Waals surface area contributed by atoms with E-state index in [-0.39, 0.29) is 28.2 Å². The molecule has 0 amide bonds. The van der Waals surface area contributed by atoms with Crippen molar-refractivity contribution in [2.75, 3.05) is 0 Å². The van der Waals surface area contributed by atoms with Crippen LogP contribution in [0.4, 0.5) is 0 Å².